The fourth-order valence-corrected chi connectivity index (χ4v) is 2.12. The van der Waals surface area contributed by atoms with Crippen LogP contribution in [-0.4, -0.2) is 16.6 Å². The van der Waals surface area contributed by atoms with Gasteiger partial charge in [0.25, 0.3) is 0 Å². The number of ether oxygens (including phenoxy) is 1. The van der Waals surface area contributed by atoms with Crippen LogP contribution in [0.25, 0.3) is 0 Å². The lowest BCUT2D eigenvalue weighted by Gasteiger charge is -2.26. The summed E-state index contributed by atoms with van der Waals surface area (Å²) in [6.07, 6.45) is 2.36. The van der Waals surface area contributed by atoms with Crippen molar-refractivity contribution in [1.82, 2.24) is 9.97 Å². The summed E-state index contributed by atoms with van der Waals surface area (Å²) in [4.78, 5) is 8.04. The van der Waals surface area contributed by atoms with Crippen LogP contribution in [0.3, 0.4) is 0 Å². The van der Waals surface area contributed by atoms with Crippen molar-refractivity contribution in [2.24, 2.45) is 0 Å². The number of aromatic nitrogens is 2. The number of rotatable bonds is 2. The Labute approximate surface area is 105 Å². The molecule has 0 fully saturated rings. The fourth-order valence-electron chi connectivity index (χ4n) is 2.12. The molecule has 0 aliphatic carbocycles. The Bertz CT molecular complexity index is 558. The van der Waals surface area contributed by atoms with E-state index >= 15 is 0 Å². The summed E-state index contributed by atoms with van der Waals surface area (Å²) in [6, 6.07) is 9.97. The molecule has 92 valence electrons. The van der Waals surface area contributed by atoms with Gasteiger partial charge in [-0.1, -0.05) is 18.2 Å². The van der Waals surface area contributed by atoms with E-state index in [2.05, 4.69) is 21.4 Å². The maximum Gasteiger partial charge on any atom is 0.131 e. The zero-order chi connectivity index (χ0) is 12.4. The molecule has 1 unspecified atom stereocenters. The van der Waals surface area contributed by atoms with Crippen molar-refractivity contribution in [2.45, 2.75) is 12.5 Å². The Kier molecular flexibility index (Phi) is 2.72. The quantitative estimate of drug-likeness (QED) is 0.842. The number of nitrogens with zero attached hydrogens (tertiary/aromatic N) is 2. The molecule has 1 atom stereocenters. The number of nitrogen functional groups attached to an aromatic ring is 1. The second kappa shape index (κ2) is 4.52. The molecule has 1 aromatic heterocycles. The molecule has 0 bridgehead atoms. The summed E-state index contributed by atoms with van der Waals surface area (Å²) in [7, 11) is 0. The van der Waals surface area contributed by atoms with Crippen molar-refractivity contribution in [1.29, 1.82) is 0 Å². The molecule has 0 amide bonds. The monoisotopic (exact) mass is 242 g/mol. The van der Waals surface area contributed by atoms with Crippen molar-refractivity contribution in [3.63, 3.8) is 0 Å². The van der Waals surface area contributed by atoms with Gasteiger partial charge in [0.05, 0.1) is 12.6 Å². The summed E-state index contributed by atoms with van der Waals surface area (Å²) in [5, 5.41) is 3.37. The lowest BCUT2D eigenvalue weighted by molar-refractivity contribution is 0.274. The van der Waals surface area contributed by atoms with Crippen LogP contribution >= 0.6 is 0 Å². The molecule has 2 aromatic rings. The predicted octanol–water partition coefficient (Wildman–Crippen LogP) is 1.99. The summed E-state index contributed by atoms with van der Waals surface area (Å²) < 4.78 is 5.62. The molecule has 3 N–H and O–H groups in total. The number of para-hydroxylation sites is 1. The topological polar surface area (TPSA) is 73.1 Å². The first-order valence-corrected chi connectivity index (χ1v) is 5.89. The number of hydrogen-bond donors (Lipinski definition) is 2. The van der Waals surface area contributed by atoms with Crippen molar-refractivity contribution in [3.05, 3.63) is 42.2 Å². The summed E-state index contributed by atoms with van der Waals surface area (Å²) >= 11 is 0. The first-order chi connectivity index (χ1) is 8.83. The Morgan fingerprint density at radius 1 is 1.28 bits per heavy atom. The van der Waals surface area contributed by atoms with Crippen LogP contribution in [0.1, 0.15) is 18.0 Å². The highest BCUT2D eigenvalue weighted by Crippen LogP contribution is 2.33. The normalized spacial score (nSPS) is 17.7. The molecule has 2 heterocycles. The van der Waals surface area contributed by atoms with Gasteiger partial charge in [-0.2, -0.15) is 0 Å². The molecule has 18 heavy (non-hydrogen) atoms. The highest BCUT2D eigenvalue weighted by molar-refractivity contribution is 5.48. The van der Waals surface area contributed by atoms with Crippen molar-refractivity contribution in [3.8, 4) is 5.75 Å². The summed E-state index contributed by atoms with van der Waals surface area (Å²) in [5.74, 6) is 2.14. The van der Waals surface area contributed by atoms with Gasteiger partial charge in [-0.25, -0.2) is 9.97 Å². The van der Waals surface area contributed by atoms with Gasteiger partial charge >= 0.3 is 0 Å². The van der Waals surface area contributed by atoms with Gasteiger partial charge < -0.3 is 15.8 Å². The minimum atomic E-state index is 0.198. The van der Waals surface area contributed by atoms with E-state index in [0.29, 0.717) is 12.4 Å². The maximum atomic E-state index is 5.64. The Balaban J connectivity index is 1.86. The number of hydrogen-bond acceptors (Lipinski definition) is 5. The number of anilines is 2. The van der Waals surface area contributed by atoms with Crippen LogP contribution in [0.2, 0.25) is 0 Å². The third-order valence-electron chi connectivity index (χ3n) is 2.97. The van der Waals surface area contributed by atoms with Gasteiger partial charge in [0, 0.05) is 18.1 Å². The highest BCUT2D eigenvalue weighted by atomic mass is 16.5. The second-order valence-electron chi connectivity index (χ2n) is 4.20. The average Bonchev–Trinajstić information content (AvgIpc) is 2.39. The average molecular weight is 242 g/mol. The van der Waals surface area contributed by atoms with Gasteiger partial charge in [-0.3, -0.25) is 0 Å². The molecule has 0 saturated heterocycles. The van der Waals surface area contributed by atoms with Crippen molar-refractivity contribution in [2.75, 3.05) is 17.7 Å². The molecule has 0 saturated carbocycles. The molecular weight excluding hydrogens is 228 g/mol. The lowest BCUT2D eigenvalue weighted by atomic mass is 10.0. The number of fused-ring (bicyclic) bond motifs is 1. The summed E-state index contributed by atoms with van der Waals surface area (Å²) in [6.45, 7) is 0.704. The molecule has 5 heteroatoms. The maximum absolute atomic E-state index is 5.64. The van der Waals surface area contributed by atoms with Crippen LogP contribution in [0.5, 0.6) is 5.75 Å². The minimum Gasteiger partial charge on any atom is -0.493 e. The van der Waals surface area contributed by atoms with Crippen LogP contribution in [-0.2, 0) is 0 Å². The van der Waals surface area contributed by atoms with E-state index in [0.717, 1.165) is 23.6 Å². The largest absolute Gasteiger partial charge is 0.493 e. The molecule has 0 spiro atoms. The molecular formula is C13H14N4O. The first kappa shape index (κ1) is 10.8. The van der Waals surface area contributed by atoms with Crippen LogP contribution in [0, 0.1) is 0 Å². The number of benzene rings is 1. The van der Waals surface area contributed by atoms with Crippen molar-refractivity contribution < 1.29 is 4.74 Å². The number of nitrogens with two attached hydrogens (primary N) is 1. The van der Waals surface area contributed by atoms with Crippen LogP contribution < -0.4 is 15.8 Å². The molecule has 0 radical (unpaired) electrons. The van der Waals surface area contributed by atoms with E-state index in [-0.39, 0.29) is 6.04 Å². The Hall–Kier alpha value is -2.30. The van der Waals surface area contributed by atoms with E-state index in [1.165, 1.54) is 6.33 Å². The highest BCUT2D eigenvalue weighted by Gasteiger charge is 2.20. The molecule has 1 aliphatic heterocycles. The standard InChI is InChI=1S/C13H14N4O/c14-12-7-13(16-8-15-12)17-10-5-6-18-11-4-2-1-3-9(10)11/h1-4,7-8,10H,5-6H2,(H3,14,15,16,17). The third kappa shape index (κ3) is 2.07. The number of nitrogens with one attached hydrogen (secondary N) is 1. The van der Waals surface area contributed by atoms with E-state index in [9.17, 15) is 0 Å². The fraction of sp³-hybridized carbons (Fsp3) is 0.231. The second-order valence-corrected chi connectivity index (χ2v) is 4.20. The van der Waals surface area contributed by atoms with Gasteiger partial charge in [0.2, 0.25) is 0 Å². The van der Waals surface area contributed by atoms with Gasteiger partial charge in [0.1, 0.15) is 23.7 Å². The van der Waals surface area contributed by atoms with Crippen LogP contribution in [0.4, 0.5) is 11.6 Å². The first-order valence-electron chi connectivity index (χ1n) is 5.89. The Morgan fingerprint density at radius 3 is 3.06 bits per heavy atom. The smallest absolute Gasteiger partial charge is 0.131 e. The third-order valence-corrected chi connectivity index (χ3v) is 2.97. The van der Waals surface area contributed by atoms with E-state index in [1.807, 2.05) is 18.2 Å². The predicted molar refractivity (Wildman–Crippen MR) is 69.4 cm³/mol. The molecule has 3 rings (SSSR count). The van der Waals surface area contributed by atoms with Gasteiger partial charge in [0.15, 0.2) is 0 Å². The van der Waals surface area contributed by atoms with E-state index in [1.54, 1.807) is 6.07 Å². The molecule has 1 aliphatic rings. The molecule has 1 aromatic carbocycles. The Morgan fingerprint density at radius 2 is 2.17 bits per heavy atom. The lowest BCUT2D eigenvalue weighted by Crippen LogP contribution is -2.20. The van der Waals surface area contributed by atoms with Crippen LogP contribution in [0.15, 0.2) is 36.7 Å². The molecule has 5 nitrogen and oxygen atoms in total. The van der Waals surface area contributed by atoms with E-state index < -0.39 is 0 Å². The van der Waals surface area contributed by atoms with Gasteiger partial charge in [-0.05, 0) is 6.07 Å². The van der Waals surface area contributed by atoms with E-state index in [4.69, 9.17) is 10.5 Å². The van der Waals surface area contributed by atoms with Crippen molar-refractivity contribution >= 4 is 11.6 Å². The summed E-state index contributed by atoms with van der Waals surface area (Å²) in [5.41, 5.74) is 6.80. The minimum absolute atomic E-state index is 0.198. The zero-order valence-corrected chi connectivity index (χ0v) is 9.84. The zero-order valence-electron chi connectivity index (χ0n) is 9.84. The van der Waals surface area contributed by atoms with Gasteiger partial charge in [-0.15, -0.1) is 0 Å². The SMILES string of the molecule is Nc1cc(NC2CCOc3ccccc32)ncn1.